The van der Waals surface area contributed by atoms with Crippen LogP contribution in [-0.4, -0.2) is 30.8 Å². The lowest BCUT2D eigenvalue weighted by atomic mass is 10.1. The Hall–Kier alpha value is -1.82. The molecule has 0 saturated carbocycles. The highest BCUT2D eigenvalue weighted by atomic mass is 19.1. The molecular formula is C12H15FN2O3. The van der Waals surface area contributed by atoms with Gasteiger partial charge in [-0.25, -0.2) is 9.18 Å². The zero-order valence-corrected chi connectivity index (χ0v) is 9.78. The molecule has 0 amide bonds. The van der Waals surface area contributed by atoms with E-state index in [9.17, 15) is 9.18 Å². The Morgan fingerprint density at radius 3 is 3.00 bits per heavy atom. The van der Waals surface area contributed by atoms with Gasteiger partial charge in [0.15, 0.2) is 0 Å². The molecule has 1 aliphatic heterocycles. The first-order valence-electron chi connectivity index (χ1n) is 5.72. The van der Waals surface area contributed by atoms with E-state index in [4.69, 9.17) is 15.6 Å². The molecule has 1 aromatic rings. The number of nitrogens with two attached hydrogens (primary N) is 1. The van der Waals surface area contributed by atoms with E-state index in [1.54, 1.807) is 0 Å². The summed E-state index contributed by atoms with van der Waals surface area (Å²) in [6.07, 6.45) is 0.937. The van der Waals surface area contributed by atoms with E-state index in [2.05, 4.69) is 5.32 Å². The highest BCUT2D eigenvalue weighted by molar-refractivity contribution is 6.00. The maximum Gasteiger partial charge on any atom is 0.340 e. The maximum atomic E-state index is 13.2. The number of aromatic carboxylic acids is 1. The third-order valence-electron chi connectivity index (χ3n) is 3.01. The summed E-state index contributed by atoms with van der Waals surface area (Å²) >= 11 is 0. The van der Waals surface area contributed by atoms with Gasteiger partial charge in [0.1, 0.15) is 11.4 Å². The number of ether oxygens (including phenoxy) is 1. The molecule has 1 unspecified atom stereocenters. The number of rotatable bonds is 4. The number of nitrogen functional groups attached to an aromatic ring is 1. The summed E-state index contributed by atoms with van der Waals surface area (Å²) < 4.78 is 18.4. The van der Waals surface area contributed by atoms with Crippen LogP contribution < -0.4 is 11.1 Å². The Bertz CT molecular complexity index is 459. The molecule has 0 spiro atoms. The van der Waals surface area contributed by atoms with Crippen molar-refractivity contribution in [3.8, 4) is 0 Å². The molecule has 1 aliphatic rings. The molecule has 0 radical (unpaired) electrons. The summed E-state index contributed by atoms with van der Waals surface area (Å²) in [6.45, 7) is 1.97. The van der Waals surface area contributed by atoms with Crippen molar-refractivity contribution in [2.45, 2.75) is 6.42 Å². The number of anilines is 2. The number of hydrogen-bond acceptors (Lipinski definition) is 4. The average molecular weight is 254 g/mol. The SMILES string of the molecule is Nc1c(F)ccc(NCC2CCOC2)c1C(=O)O. The van der Waals surface area contributed by atoms with Crippen LogP contribution in [0.15, 0.2) is 12.1 Å². The first-order valence-corrected chi connectivity index (χ1v) is 5.72. The number of carboxylic acids is 1. The van der Waals surface area contributed by atoms with Gasteiger partial charge in [-0.1, -0.05) is 0 Å². The molecule has 1 fully saturated rings. The Morgan fingerprint density at radius 2 is 2.39 bits per heavy atom. The van der Waals surface area contributed by atoms with Crippen LogP contribution in [0.3, 0.4) is 0 Å². The summed E-state index contributed by atoms with van der Waals surface area (Å²) in [4.78, 5) is 11.1. The van der Waals surface area contributed by atoms with Gasteiger partial charge in [-0.05, 0) is 18.6 Å². The van der Waals surface area contributed by atoms with Crippen LogP contribution in [-0.2, 0) is 4.74 Å². The molecule has 5 nitrogen and oxygen atoms in total. The van der Waals surface area contributed by atoms with Gasteiger partial charge in [-0.2, -0.15) is 0 Å². The summed E-state index contributed by atoms with van der Waals surface area (Å²) in [5.74, 6) is -1.61. The predicted molar refractivity (Wildman–Crippen MR) is 65.2 cm³/mol. The van der Waals surface area contributed by atoms with E-state index in [1.807, 2.05) is 0 Å². The monoisotopic (exact) mass is 254 g/mol. The Labute approximate surface area is 104 Å². The van der Waals surface area contributed by atoms with Gasteiger partial charge in [0.2, 0.25) is 0 Å². The van der Waals surface area contributed by atoms with Gasteiger partial charge >= 0.3 is 5.97 Å². The summed E-state index contributed by atoms with van der Waals surface area (Å²) in [5.41, 5.74) is 5.24. The van der Waals surface area contributed by atoms with Crippen molar-refractivity contribution in [2.24, 2.45) is 5.92 Å². The highest BCUT2D eigenvalue weighted by Crippen LogP contribution is 2.26. The average Bonchev–Trinajstić information content (AvgIpc) is 2.83. The first kappa shape index (κ1) is 12.6. The van der Waals surface area contributed by atoms with Gasteiger partial charge in [-0.3, -0.25) is 0 Å². The third kappa shape index (κ3) is 2.53. The molecular weight excluding hydrogens is 239 g/mol. The lowest BCUT2D eigenvalue weighted by Crippen LogP contribution is -2.17. The molecule has 18 heavy (non-hydrogen) atoms. The zero-order valence-electron chi connectivity index (χ0n) is 9.78. The van der Waals surface area contributed by atoms with E-state index in [1.165, 1.54) is 6.07 Å². The van der Waals surface area contributed by atoms with Crippen molar-refractivity contribution in [1.29, 1.82) is 0 Å². The van der Waals surface area contributed by atoms with Crippen LogP contribution in [0.4, 0.5) is 15.8 Å². The first-order chi connectivity index (χ1) is 8.59. The van der Waals surface area contributed by atoms with Gasteiger partial charge in [0.05, 0.1) is 18.0 Å². The smallest absolute Gasteiger partial charge is 0.340 e. The van der Waals surface area contributed by atoms with Crippen molar-refractivity contribution < 1.29 is 19.0 Å². The number of benzene rings is 1. The van der Waals surface area contributed by atoms with E-state index in [0.29, 0.717) is 24.8 Å². The van der Waals surface area contributed by atoms with Crippen molar-refractivity contribution >= 4 is 17.3 Å². The Balaban J connectivity index is 2.16. The normalized spacial score (nSPS) is 18.8. The predicted octanol–water partition coefficient (Wildman–Crippen LogP) is 1.55. The van der Waals surface area contributed by atoms with Crippen molar-refractivity contribution in [3.05, 3.63) is 23.5 Å². The van der Waals surface area contributed by atoms with Crippen LogP contribution >= 0.6 is 0 Å². The molecule has 6 heteroatoms. The molecule has 1 heterocycles. The topological polar surface area (TPSA) is 84.6 Å². The van der Waals surface area contributed by atoms with Crippen LogP contribution in [0.5, 0.6) is 0 Å². The fourth-order valence-corrected chi connectivity index (χ4v) is 1.97. The second-order valence-corrected chi connectivity index (χ2v) is 4.30. The summed E-state index contributed by atoms with van der Waals surface area (Å²) in [6, 6.07) is 2.56. The number of carbonyl (C=O) groups is 1. The minimum Gasteiger partial charge on any atom is -0.478 e. The van der Waals surface area contributed by atoms with Crippen molar-refractivity contribution in [2.75, 3.05) is 30.8 Å². The van der Waals surface area contributed by atoms with Gasteiger partial charge < -0.3 is 20.9 Å². The van der Waals surface area contributed by atoms with E-state index >= 15 is 0 Å². The lowest BCUT2D eigenvalue weighted by Gasteiger charge is -2.14. The van der Waals surface area contributed by atoms with Crippen LogP contribution in [0.1, 0.15) is 16.8 Å². The molecule has 1 saturated heterocycles. The molecule has 0 aliphatic carbocycles. The van der Waals surface area contributed by atoms with Crippen LogP contribution in [0, 0.1) is 11.7 Å². The van der Waals surface area contributed by atoms with Crippen LogP contribution in [0.25, 0.3) is 0 Å². The van der Waals surface area contributed by atoms with Crippen molar-refractivity contribution in [3.63, 3.8) is 0 Å². The molecule has 98 valence electrons. The fourth-order valence-electron chi connectivity index (χ4n) is 1.97. The summed E-state index contributed by atoms with van der Waals surface area (Å²) in [7, 11) is 0. The van der Waals surface area contributed by atoms with Gasteiger partial charge in [-0.15, -0.1) is 0 Å². The van der Waals surface area contributed by atoms with E-state index in [-0.39, 0.29) is 11.3 Å². The molecule has 0 aromatic heterocycles. The third-order valence-corrected chi connectivity index (χ3v) is 3.01. The van der Waals surface area contributed by atoms with Gasteiger partial charge in [0.25, 0.3) is 0 Å². The molecule has 0 bridgehead atoms. The zero-order chi connectivity index (χ0) is 13.1. The van der Waals surface area contributed by atoms with E-state index in [0.717, 1.165) is 19.1 Å². The Morgan fingerprint density at radius 1 is 1.61 bits per heavy atom. The fraction of sp³-hybridized carbons (Fsp3) is 0.417. The van der Waals surface area contributed by atoms with Crippen molar-refractivity contribution in [1.82, 2.24) is 0 Å². The number of hydrogen-bond donors (Lipinski definition) is 3. The second-order valence-electron chi connectivity index (χ2n) is 4.30. The number of nitrogens with one attached hydrogen (secondary N) is 1. The quantitative estimate of drug-likeness (QED) is 0.710. The molecule has 1 aromatic carbocycles. The maximum absolute atomic E-state index is 13.2. The van der Waals surface area contributed by atoms with Crippen LogP contribution in [0.2, 0.25) is 0 Å². The standard InChI is InChI=1S/C12H15FN2O3/c13-8-1-2-9(10(11(8)14)12(16)17)15-5-7-3-4-18-6-7/h1-2,7,15H,3-6,14H2,(H,16,17). The summed E-state index contributed by atoms with van der Waals surface area (Å²) in [5, 5.41) is 12.0. The highest BCUT2D eigenvalue weighted by Gasteiger charge is 2.20. The lowest BCUT2D eigenvalue weighted by molar-refractivity contribution is 0.0698. The second kappa shape index (κ2) is 5.22. The van der Waals surface area contributed by atoms with E-state index < -0.39 is 11.8 Å². The largest absolute Gasteiger partial charge is 0.478 e. The molecule has 4 N–H and O–H groups in total. The molecule has 2 rings (SSSR count). The van der Waals surface area contributed by atoms with Gasteiger partial charge in [0, 0.05) is 19.1 Å². The molecule has 1 atom stereocenters. The minimum absolute atomic E-state index is 0.214. The number of halogens is 1. The minimum atomic E-state index is -1.24. The Kier molecular flexibility index (Phi) is 3.66. The number of carboxylic acid groups (broad SMARTS) is 1.